The molecule has 0 radical (unpaired) electrons. The maximum Gasteiger partial charge on any atom is 0.427 e. The van der Waals surface area contributed by atoms with E-state index in [4.69, 9.17) is 5.14 Å². The summed E-state index contributed by atoms with van der Waals surface area (Å²) in [6.45, 7) is 0. The summed E-state index contributed by atoms with van der Waals surface area (Å²) in [6.07, 6.45) is -3.50. The third kappa shape index (κ3) is 4.16. The van der Waals surface area contributed by atoms with Crippen LogP contribution in [-0.4, -0.2) is 20.6 Å². The van der Waals surface area contributed by atoms with Gasteiger partial charge < -0.3 is 10.6 Å². The molecule has 2 aliphatic rings. The number of amides is 2. The Bertz CT molecular complexity index is 1280. The Kier molecular flexibility index (Phi) is 5.18. The molecule has 0 spiro atoms. The standard InChI is InChI=1S/C21H17F4N3O3S/c22-17-11-15(32(26,30)31)5-4-14(17)9-13-3-6-16-18(10-13)27-19(29)28-20(16,21(23,24)25)8-7-12-1-2-12/h3-6,10-12H,1-2,9H2,(H2,26,30,31)(H2,27,28,29)/t20-/m0/s1. The van der Waals surface area contributed by atoms with Crippen molar-refractivity contribution in [1.82, 2.24) is 5.32 Å². The molecule has 0 unspecified atom stereocenters. The molecule has 2 aromatic carbocycles. The lowest BCUT2D eigenvalue weighted by Gasteiger charge is -2.37. The first kappa shape index (κ1) is 22.1. The lowest BCUT2D eigenvalue weighted by molar-refractivity contribution is -0.178. The smallest absolute Gasteiger partial charge is 0.310 e. The first-order valence-corrected chi connectivity index (χ1v) is 11.1. The van der Waals surface area contributed by atoms with Crippen LogP contribution in [0.3, 0.4) is 0 Å². The number of primary sulfonamides is 1. The van der Waals surface area contributed by atoms with Crippen molar-refractivity contribution in [1.29, 1.82) is 0 Å². The quantitative estimate of drug-likeness (QED) is 0.477. The van der Waals surface area contributed by atoms with Crippen LogP contribution >= 0.6 is 0 Å². The fraction of sp³-hybridized carbons (Fsp3) is 0.286. The highest BCUT2D eigenvalue weighted by atomic mass is 32.2. The number of fused-ring (bicyclic) bond motifs is 1. The third-order valence-corrected chi connectivity index (χ3v) is 6.16. The van der Waals surface area contributed by atoms with Crippen molar-refractivity contribution < 1.29 is 30.8 Å². The van der Waals surface area contributed by atoms with Gasteiger partial charge in [0.05, 0.1) is 4.90 Å². The molecule has 1 saturated carbocycles. The van der Waals surface area contributed by atoms with Crippen molar-refractivity contribution in [2.45, 2.75) is 35.9 Å². The largest absolute Gasteiger partial charge is 0.427 e. The van der Waals surface area contributed by atoms with E-state index in [0.717, 1.165) is 25.0 Å². The minimum atomic E-state index is -4.88. The van der Waals surface area contributed by atoms with Crippen molar-refractivity contribution in [3.05, 3.63) is 58.9 Å². The van der Waals surface area contributed by atoms with E-state index in [2.05, 4.69) is 17.2 Å². The summed E-state index contributed by atoms with van der Waals surface area (Å²) in [5.74, 6) is 3.89. The topological polar surface area (TPSA) is 101 Å². The van der Waals surface area contributed by atoms with Crippen LogP contribution in [0.25, 0.3) is 0 Å². The second-order valence-electron chi connectivity index (χ2n) is 7.73. The van der Waals surface area contributed by atoms with E-state index < -0.39 is 38.5 Å². The van der Waals surface area contributed by atoms with Crippen LogP contribution in [0.1, 0.15) is 29.5 Å². The molecule has 0 bridgehead atoms. The number of anilines is 1. The summed E-state index contributed by atoms with van der Waals surface area (Å²) in [5.41, 5.74) is -2.69. The number of benzene rings is 2. The van der Waals surface area contributed by atoms with Gasteiger partial charge in [-0.1, -0.05) is 30.0 Å². The number of hydrogen-bond acceptors (Lipinski definition) is 3. The second kappa shape index (κ2) is 7.50. The normalized spacial score (nSPS) is 20.5. The Hall–Kier alpha value is -3.10. The van der Waals surface area contributed by atoms with Gasteiger partial charge in [-0.2, -0.15) is 13.2 Å². The van der Waals surface area contributed by atoms with Gasteiger partial charge in [0, 0.05) is 23.6 Å². The highest BCUT2D eigenvalue weighted by molar-refractivity contribution is 7.89. The molecule has 0 saturated heterocycles. The van der Waals surface area contributed by atoms with Gasteiger partial charge in [-0.25, -0.2) is 22.7 Å². The summed E-state index contributed by atoms with van der Waals surface area (Å²) in [5, 5.41) is 9.26. The molecule has 1 aliphatic heterocycles. The molecule has 1 atom stereocenters. The van der Waals surface area contributed by atoms with Gasteiger partial charge in [0.15, 0.2) is 0 Å². The van der Waals surface area contributed by atoms with E-state index in [-0.39, 0.29) is 29.2 Å². The van der Waals surface area contributed by atoms with Crippen molar-refractivity contribution in [2.75, 3.05) is 5.32 Å². The number of alkyl halides is 3. The van der Waals surface area contributed by atoms with Gasteiger partial charge in [-0.05, 0) is 42.2 Å². The number of nitrogens with one attached hydrogen (secondary N) is 2. The van der Waals surface area contributed by atoms with Crippen LogP contribution in [0.5, 0.6) is 0 Å². The molecule has 2 aromatic rings. The zero-order valence-corrected chi connectivity index (χ0v) is 17.2. The summed E-state index contributed by atoms with van der Waals surface area (Å²) < 4.78 is 79.4. The van der Waals surface area contributed by atoms with E-state index in [9.17, 15) is 30.8 Å². The SMILES string of the molecule is NS(=O)(=O)c1ccc(Cc2ccc3c(c2)NC(=O)N[C@]3(C#CC2CC2)C(F)(F)F)c(F)c1. The first-order chi connectivity index (χ1) is 14.9. The molecule has 1 fully saturated rings. The average Bonchev–Trinajstić information content (AvgIpc) is 3.50. The predicted molar refractivity (Wildman–Crippen MR) is 107 cm³/mol. The minimum absolute atomic E-state index is 0.0555. The highest BCUT2D eigenvalue weighted by Gasteiger charge is 2.59. The third-order valence-electron chi connectivity index (χ3n) is 5.25. The Morgan fingerprint density at radius 2 is 1.88 bits per heavy atom. The zero-order chi connectivity index (χ0) is 23.3. The first-order valence-electron chi connectivity index (χ1n) is 9.52. The van der Waals surface area contributed by atoms with Crippen molar-refractivity contribution in [2.24, 2.45) is 11.1 Å². The van der Waals surface area contributed by atoms with Gasteiger partial charge >= 0.3 is 12.2 Å². The Morgan fingerprint density at radius 1 is 1.16 bits per heavy atom. The molecule has 2 amide bonds. The van der Waals surface area contributed by atoms with Crippen molar-refractivity contribution in [3.63, 3.8) is 0 Å². The second-order valence-corrected chi connectivity index (χ2v) is 9.29. The number of urea groups is 1. The molecular weight excluding hydrogens is 450 g/mol. The van der Waals surface area contributed by atoms with E-state index >= 15 is 0 Å². The van der Waals surface area contributed by atoms with E-state index in [0.29, 0.717) is 5.56 Å². The molecule has 11 heteroatoms. The predicted octanol–water partition coefficient (Wildman–Crippen LogP) is 3.37. The number of nitrogens with two attached hydrogens (primary N) is 1. The van der Waals surface area contributed by atoms with Gasteiger partial charge in [0.25, 0.3) is 0 Å². The number of carbonyl (C=O) groups is 1. The van der Waals surface area contributed by atoms with E-state index in [1.807, 2.05) is 5.32 Å². The summed E-state index contributed by atoms with van der Waals surface area (Å²) in [4.78, 5) is 11.7. The van der Waals surface area contributed by atoms with Gasteiger partial charge in [-0.3, -0.25) is 0 Å². The molecule has 1 heterocycles. The number of carbonyl (C=O) groups excluding carboxylic acids is 1. The molecule has 4 N–H and O–H groups in total. The summed E-state index contributed by atoms with van der Waals surface area (Å²) in [6, 6.07) is 5.99. The zero-order valence-electron chi connectivity index (χ0n) is 16.4. The van der Waals surface area contributed by atoms with Crippen LogP contribution in [-0.2, 0) is 22.0 Å². The molecule has 6 nitrogen and oxygen atoms in total. The fourth-order valence-corrected chi connectivity index (χ4v) is 3.95. The van der Waals surface area contributed by atoms with E-state index in [1.54, 1.807) is 0 Å². The van der Waals surface area contributed by atoms with E-state index in [1.165, 1.54) is 24.3 Å². The Morgan fingerprint density at radius 3 is 2.47 bits per heavy atom. The molecule has 1 aliphatic carbocycles. The molecule has 168 valence electrons. The Balaban J connectivity index is 1.72. The number of rotatable bonds is 3. The van der Waals surface area contributed by atoms with Gasteiger partial charge in [0.2, 0.25) is 15.6 Å². The minimum Gasteiger partial charge on any atom is -0.310 e. The van der Waals surface area contributed by atoms with Crippen molar-refractivity contribution in [3.8, 4) is 11.8 Å². The molecular formula is C21H17F4N3O3S. The molecule has 4 rings (SSSR count). The fourth-order valence-electron chi connectivity index (χ4n) is 3.42. The molecule has 0 aromatic heterocycles. The number of sulfonamides is 1. The van der Waals surface area contributed by atoms with Crippen LogP contribution in [0, 0.1) is 23.6 Å². The van der Waals surface area contributed by atoms with Crippen LogP contribution in [0.2, 0.25) is 0 Å². The monoisotopic (exact) mass is 467 g/mol. The van der Waals surface area contributed by atoms with Crippen LogP contribution in [0.15, 0.2) is 41.3 Å². The number of halogens is 4. The maximum absolute atomic E-state index is 14.4. The maximum atomic E-state index is 14.4. The average molecular weight is 467 g/mol. The summed E-state index contributed by atoms with van der Waals surface area (Å²) >= 11 is 0. The lowest BCUT2D eigenvalue weighted by Crippen LogP contribution is -2.59. The summed E-state index contributed by atoms with van der Waals surface area (Å²) in [7, 11) is -4.08. The van der Waals surface area contributed by atoms with Crippen LogP contribution in [0.4, 0.5) is 28.0 Å². The van der Waals surface area contributed by atoms with Crippen LogP contribution < -0.4 is 15.8 Å². The Labute approximate surface area is 181 Å². The lowest BCUT2D eigenvalue weighted by atomic mass is 9.85. The van der Waals surface area contributed by atoms with Gasteiger partial charge in [0.1, 0.15) is 5.82 Å². The number of hydrogen-bond donors (Lipinski definition) is 3. The molecule has 32 heavy (non-hydrogen) atoms. The van der Waals surface area contributed by atoms with Crippen molar-refractivity contribution >= 4 is 21.7 Å². The highest BCUT2D eigenvalue weighted by Crippen LogP contribution is 2.44. The van der Waals surface area contributed by atoms with Gasteiger partial charge in [-0.15, -0.1) is 0 Å².